The average molecular weight is 274 g/mol. The van der Waals surface area contributed by atoms with Crippen molar-refractivity contribution in [1.29, 1.82) is 0 Å². The van der Waals surface area contributed by atoms with Crippen LogP contribution in [0.1, 0.15) is 35.4 Å². The molecule has 98 valence electrons. The van der Waals surface area contributed by atoms with Gasteiger partial charge in [-0.25, -0.2) is 9.97 Å². The van der Waals surface area contributed by atoms with Crippen LogP contribution in [0.3, 0.4) is 0 Å². The van der Waals surface area contributed by atoms with Crippen molar-refractivity contribution >= 4 is 17.5 Å². The third-order valence-corrected chi connectivity index (χ3v) is 4.03. The molecule has 0 aliphatic heterocycles. The van der Waals surface area contributed by atoms with Crippen molar-refractivity contribution < 1.29 is 0 Å². The highest BCUT2D eigenvalue weighted by molar-refractivity contribution is 6.30. The molecule has 2 aromatic rings. The first kappa shape index (κ1) is 12.4. The minimum Gasteiger partial charge on any atom is -0.368 e. The van der Waals surface area contributed by atoms with E-state index in [1.807, 2.05) is 6.92 Å². The Bertz CT molecular complexity index is 648. The molecule has 1 heterocycles. The van der Waals surface area contributed by atoms with Gasteiger partial charge in [0, 0.05) is 11.1 Å². The summed E-state index contributed by atoms with van der Waals surface area (Å²) in [5.74, 6) is 0.889. The summed E-state index contributed by atoms with van der Waals surface area (Å²) in [7, 11) is 0. The van der Waals surface area contributed by atoms with Gasteiger partial charge < -0.3 is 5.73 Å². The van der Waals surface area contributed by atoms with E-state index in [9.17, 15) is 0 Å². The minimum atomic E-state index is 0.232. The standard InChI is InChI=1S/C15H16ClN3/c1-8-4-3-5-11(10-6-7-10)12(8)13-9(2)14(16)19-15(17)18-13/h3-5,10H,6-7H2,1-2H3,(H2,17,18,19). The van der Waals surface area contributed by atoms with Crippen molar-refractivity contribution in [2.45, 2.75) is 32.6 Å². The molecule has 0 unspecified atom stereocenters. The predicted molar refractivity (Wildman–Crippen MR) is 78.3 cm³/mol. The maximum atomic E-state index is 6.14. The van der Waals surface area contributed by atoms with Crippen molar-refractivity contribution in [2.75, 3.05) is 5.73 Å². The fourth-order valence-electron chi connectivity index (χ4n) is 2.50. The molecule has 0 spiro atoms. The van der Waals surface area contributed by atoms with E-state index in [-0.39, 0.29) is 5.95 Å². The number of anilines is 1. The Hall–Kier alpha value is -1.61. The van der Waals surface area contributed by atoms with Crippen LogP contribution < -0.4 is 5.73 Å². The molecule has 2 N–H and O–H groups in total. The lowest BCUT2D eigenvalue weighted by molar-refractivity contribution is 1.09. The van der Waals surface area contributed by atoms with E-state index in [4.69, 9.17) is 17.3 Å². The van der Waals surface area contributed by atoms with Gasteiger partial charge in [0.15, 0.2) is 0 Å². The number of aryl methyl sites for hydroxylation is 1. The Balaban J connectivity index is 2.27. The Morgan fingerprint density at radius 3 is 2.63 bits per heavy atom. The normalized spacial score (nSPS) is 14.7. The molecule has 1 fully saturated rings. The van der Waals surface area contributed by atoms with Crippen LogP contribution in [0.15, 0.2) is 18.2 Å². The van der Waals surface area contributed by atoms with Gasteiger partial charge in [0.25, 0.3) is 0 Å². The molecular weight excluding hydrogens is 258 g/mol. The summed E-state index contributed by atoms with van der Waals surface area (Å²) < 4.78 is 0. The molecular formula is C15H16ClN3. The van der Waals surface area contributed by atoms with E-state index < -0.39 is 0 Å². The number of hydrogen-bond donors (Lipinski definition) is 1. The third-order valence-electron chi connectivity index (χ3n) is 3.66. The molecule has 1 saturated carbocycles. The third kappa shape index (κ3) is 2.19. The van der Waals surface area contributed by atoms with E-state index in [2.05, 4.69) is 35.1 Å². The summed E-state index contributed by atoms with van der Waals surface area (Å²) in [4.78, 5) is 8.43. The van der Waals surface area contributed by atoms with Gasteiger partial charge in [-0.2, -0.15) is 0 Å². The fraction of sp³-hybridized carbons (Fsp3) is 0.333. The lowest BCUT2D eigenvalue weighted by atomic mass is 9.94. The number of nitrogens with zero attached hydrogens (tertiary/aromatic N) is 2. The Labute approximate surface area is 117 Å². The molecule has 1 aliphatic carbocycles. The van der Waals surface area contributed by atoms with Crippen LogP contribution in [-0.2, 0) is 0 Å². The van der Waals surface area contributed by atoms with Gasteiger partial charge in [-0.15, -0.1) is 0 Å². The Kier molecular flexibility index (Phi) is 2.94. The van der Waals surface area contributed by atoms with Crippen LogP contribution in [0.2, 0.25) is 5.15 Å². The summed E-state index contributed by atoms with van der Waals surface area (Å²) in [6.45, 7) is 4.05. The van der Waals surface area contributed by atoms with Crippen molar-refractivity contribution in [3.05, 3.63) is 40.0 Å². The second kappa shape index (κ2) is 4.49. The second-order valence-corrected chi connectivity index (χ2v) is 5.52. The topological polar surface area (TPSA) is 51.8 Å². The highest BCUT2D eigenvalue weighted by atomic mass is 35.5. The quantitative estimate of drug-likeness (QED) is 0.845. The fourth-order valence-corrected chi connectivity index (χ4v) is 2.67. The molecule has 0 radical (unpaired) electrons. The molecule has 1 aliphatic rings. The van der Waals surface area contributed by atoms with Crippen LogP contribution in [0.5, 0.6) is 0 Å². The number of nitrogens with two attached hydrogens (primary N) is 1. The van der Waals surface area contributed by atoms with Gasteiger partial charge in [-0.1, -0.05) is 29.8 Å². The first-order valence-corrected chi connectivity index (χ1v) is 6.85. The zero-order valence-electron chi connectivity index (χ0n) is 11.1. The van der Waals surface area contributed by atoms with E-state index in [1.165, 1.54) is 29.5 Å². The van der Waals surface area contributed by atoms with Gasteiger partial charge in [-0.3, -0.25) is 0 Å². The van der Waals surface area contributed by atoms with Crippen LogP contribution in [0.25, 0.3) is 11.3 Å². The van der Waals surface area contributed by atoms with Gasteiger partial charge in [0.05, 0.1) is 5.69 Å². The van der Waals surface area contributed by atoms with E-state index >= 15 is 0 Å². The number of rotatable bonds is 2. The number of nitrogen functional groups attached to an aromatic ring is 1. The molecule has 0 saturated heterocycles. The van der Waals surface area contributed by atoms with E-state index in [0.717, 1.165) is 11.3 Å². The summed E-state index contributed by atoms with van der Waals surface area (Å²) in [5.41, 5.74) is 11.3. The molecule has 3 nitrogen and oxygen atoms in total. The second-order valence-electron chi connectivity index (χ2n) is 5.16. The molecule has 0 atom stereocenters. The lowest BCUT2D eigenvalue weighted by Gasteiger charge is -2.14. The number of hydrogen-bond acceptors (Lipinski definition) is 3. The molecule has 4 heteroatoms. The highest BCUT2D eigenvalue weighted by Gasteiger charge is 2.28. The molecule has 19 heavy (non-hydrogen) atoms. The maximum absolute atomic E-state index is 6.14. The highest BCUT2D eigenvalue weighted by Crippen LogP contribution is 2.45. The van der Waals surface area contributed by atoms with Gasteiger partial charge >= 0.3 is 0 Å². The first-order valence-electron chi connectivity index (χ1n) is 6.47. The van der Waals surface area contributed by atoms with Crippen molar-refractivity contribution in [3.8, 4) is 11.3 Å². The number of halogens is 1. The largest absolute Gasteiger partial charge is 0.368 e. The summed E-state index contributed by atoms with van der Waals surface area (Å²) in [6, 6.07) is 6.40. The van der Waals surface area contributed by atoms with Gasteiger partial charge in [0.2, 0.25) is 5.95 Å². The van der Waals surface area contributed by atoms with Crippen LogP contribution in [-0.4, -0.2) is 9.97 Å². The molecule has 0 bridgehead atoms. The minimum absolute atomic E-state index is 0.232. The lowest BCUT2D eigenvalue weighted by Crippen LogP contribution is -2.02. The summed E-state index contributed by atoms with van der Waals surface area (Å²) >= 11 is 6.14. The molecule has 1 aromatic carbocycles. The molecule has 1 aromatic heterocycles. The summed E-state index contributed by atoms with van der Waals surface area (Å²) in [5, 5.41) is 0.438. The van der Waals surface area contributed by atoms with Gasteiger partial charge in [0.1, 0.15) is 5.15 Å². The Morgan fingerprint density at radius 1 is 1.21 bits per heavy atom. The first-order chi connectivity index (χ1) is 9.08. The van der Waals surface area contributed by atoms with Crippen molar-refractivity contribution in [2.24, 2.45) is 0 Å². The van der Waals surface area contributed by atoms with Crippen LogP contribution >= 0.6 is 11.6 Å². The van der Waals surface area contributed by atoms with Crippen LogP contribution in [0.4, 0.5) is 5.95 Å². The van der Waals surface area contributed by atoms with Crippen molar-refractivity contribution in [3.63, 3.8) is 0 Å². The van der Waals surface area contributed by atoms with E-state index in [1.54, 1.807) is 0 Å². The summed E-state index contributed by atoms with van der Waals surface area (Å²) in [6.07, 6.45) is 2.51. The van der Waals surface area contributed by atoms with Gasteiger partial charge in [-0.05, 0) is 43.7 Å². The Morgan fingerprint density at radius 2 is 1.95 bits per heavy atom. The molecule has 0 amide bonds. The number of benzene rings is 1. The number of aromatic nitrogens is 2. The van der Waals surface area contributed by atoms with E-state index in [0.29, 0.717) is 11.1 Å². The van der Waals surface area contributed by atoms with Crippen molar-refractivity contribution in [1.82, 2.24) is 9.97 Å². The predicted octanol–water partition coefficient (Wildman–Crippen LogP) is 3.87. The zero-order chi connectivity index (χ0) is 13.6. The SMILES string of the molecule is Cc1cccc(C2CC2)c1-c1nc(N)nc(Cl)c1C. The average Bonchev–Trinajstić information content (AvgIpc) is 3.18. The zero-order valence-corrected chi connectivity index (χ0v) is 11.8. The van der Waals surface area contributed by atoms with Crippen LogP contribution in [0, 0.1) is 13.8 Å². The molecule has 3 rings (SSSR count). The monoisotopic (exact) mass is 273 g/mol. The maximum Gasteiger partial charge on any atom is 0.222 e. The smallest absolute Gasteiger partial charge is 0.222 e.